The van der Waals surface area contributed by atoms with Crippen molar-refractivity contribution in [3.05, 3.63) is 34.6 Å². The van der Waals surface area contributed by atoms with E-state index >= 15 is 0 Å². The van der Waals surface area contributed by atoms with Gasteiger partial charge in [-0.1, -0.05) is 11.6 Å². The van der Waals surface area contributed by atoms with Crippen LogP contribution in [-0.2, 0) is 4.79 Å². The number of rotatable bonds is 6. The molecule has 0 bridgehead atoms. The van der Waals surface area contributed by atoms with Gasteiger partial charge in [0.05, 0.1) is 10.6 Å². The Morgan fingerprint density at radius 3 is 2.74 bits per heavy atom. The van der Waals surface area contributed by atoms with E-state index in [2.05, 4.69) is 5.32 Å². The zero-order valence-electron chi connectivity index (χ0n) is 10.2. The van der Waals surface area contributed by atoms with Crippen LogP contribution in [0, 0.1) is 5.82 Å². The second-order valence-electron chi connectivity index (χ2n) is 3.77. The lowest BCUT2D eigenvalue weighted by atomic mass is 10.1. The fourth-order valence-corrected chi connectivity index (χ4v) is 2.13. The fourth-order valence-electron chi connectivity index (χ4n) is 1.40. The number of benzene rings is 1. The molecule has 2 N–H and O–H groups in total. The third-order valence-electron chi connectivity index (χ3n) is 2.39. The van der Waals surface area contributed by atoms with Crippen molar-refractivity contribution < 1.29 is 19.1 Å². The minimum Gasteiger partial charge on any atom is -0.480 e. The predicted molar refractivity (Wildman–Crippen MR) is 73.3 cm³/mol. The Bertz CT molecular complexity index is 484. The number of amides is 1. The summed E-state index contributed by atoms with van der Waals surface area (Å²) in [6.07, 6.45) is 2.15. The molecule has 1 atom stereocenters. The van der Waals surface area contributed by atoms with Crippen LogP contribution < -0.4 is 5.32 Å². The quantitative estimate of drug-likeness (QED) is 0.847. The highest BCUT2D eigenvalue weighted by Crippen LogP contribution is 2.17. The molecule has 4 nitrogen and oxygen atoms in total. The van der Waals surface area contributed by atoms with Crippen LogP contribution >= 0.6 is 23.4 Å². The molecule has 0 radical (unpaired) electrons. The third kappa shape index (κ3) is 4.72. The molecule has 0 aromatic heterocycles. The van der Waals surface area contributed by atoms with E-state index in [1.807, 2.05) is 6.26 Å². The number of thioether (sulfide) groups is 1. The number of aliphatic carboxylic acids is 1. The summed E-state index contributed by atoms with van der Waals surface area (Å²) in [4.78, 5) is 22.9. The second kappa shape index (κ2) is 7.35. The first kappa shape index (κ1) is 15.8. The van der Waals surface area contributed by atoms with Crippen molar-refractivity contribution in [3.63, 3.8) is 0 Å². The molecule has 1 rings (SSSR count). The highest BCUT2D eigenvalue weighted by atomic mass is 35.5. The van der Waals surface area contributed by atoms with E-state index in [0.717, 1.165) is 12.1 Å². The first-order valence-corrected chi connectivity index (χ1v) is 7.20. The van der Waals surface area contributed by atoms with Crippen molar-refractivity contribution in [2.45, 2.75) is 12.5 Å². The molecule has 0 aliphatic rings. The van der Waals surface area contributed by atoms with Gasteiger partial charge in [-0.2, -0.15) is 11.8 Å². The number of hydrogen-bond acceptors (Lipinski definition) is 3. The van der Waals surface area contributed by atoms with Gasteiger partial charge < -0.3 is 10.4 Å². The van der Waals surface area contributed by atoms with Crippen molar-refractivity contribution >= 4 is 35.2 Å². The summed E-state index contributed by atoms with van der Waals surface area (Å²) in [6.45, 7) is 0. The second-order valence-corrected chi connectivity index (χ2v) is 5.16. The smallest absolute Gasteiger partial charge is 0.326 e. The molecule has 0 unspecified atom stereocenters. The van der Waals surface area contributed by atoms with E-state index in [9.17, 15) is 14.0 Å². The molecular formula is C12H13ClFNO3S. The van der Waals surface area contributed by atoms with Gasteiger partial charge in [0, 0.05) is 0 Å². The zero-order chi connectivity index (χ0) is 14.4. The van der Waals surface area contributed by atoms with E-state index < -0.39 is 23.7 Å². The molecule has 0 saturated heterocycles. The molecule has 0 fully saturated rings. The lowest BCUT2D eigenvalue weighted by Gasteiger charge is -2.14. The van der Waals surface area contributed by atoms with Crippen LogP contribution in [0.15, 0.2) is 18.2 Å². The molecule has 0 aliphatic carbocycles. The molecule has 104 valence electrons. The maximum Gasteiger partial charge on any atom is 0.326 e. The zero-order valence-corrected chi connectivity index (χ0v) is 11.7. The summed E-state index contributed by atoms with van der Waals surface area (Å²) < 4.78 is 12.9. The van der Waals surface area contributed by atoms with Crippen LogP contribution in [0.1, 0.15) is 16.8 Å². The molecule has 1 aromatic rings. The van der Waals surface area contributed by atoms with Gasteiger partial charge in [-0.3, -0.25) is 4.79 Å². The van der Waals surface area contributed by atoms with Crippen LogP contribution in [0.2, 0.25) is 5.02 Å². The van der Waals surface area contributed by atoms with Crippen LogP contribution in [-0.4, -0.2) is 35.0 Å². The summed E-state index contributed by atoms with van der Waals surface area (Å²) in [5, 5.41) is 11.3. The lowest BCUT2D eigenvalue weighted by molar-refractivity contribution is -0.139. The van der Waals surface area contributed by atoms with Gasteiger partial charge in [0.2, 0.25) is 0 Å². The lowest BCUT2D eigenvalue weighted by Crippen LogP contribution is -2.41. The van der Waals surface area contributed by atoms with Gasteiger partial charge >= 0.3 is 5.97 Å². The molecule has 1 amide bonds. The molecular weight excluding hydrogens is 293 g/mol. The van der Waals surface area contributed by atoms with E-state index in [-0.39, 0.29) is 10.6 Å². The van der Waals surface area contributed by atoms with Crippen molar-refractivity contribution in [2.24, 2.45) is 0 Å². The van der Waals surface area contributed by atoms with Gasteiger partial charge in [-0.05, 0) is 36.6 Å². The maximum atomic E-state index is 12.9. The number of carboxylic acids is 1. The minimum atomic E-state index is -1.11. The van der Waals surface area contributed by atoms with Gasteiger partial charge in [-0.15, -0.1) is 0 Å². The Kier molecular flexibility index (Phi) is 6.11. The van der Waals surface area contributed by atoms with Gasteiger partial charge in [0.25, 0.3) is 5.91 Å². The summed E-state index contributed by atoms with van der Waals surface area (Å²) in [5.41, 5.74) is 0.0541. The average molecular weight is 306 g/mol. The fraction of sp³-hybridized carbons (Fsp3) is 0.333. The third-order valence-corrected chi connectivity index (χ3v) is 3.35. The molecule has 1 aromatic carbocycles. The van der Waals surface area contributed by atoms with Crippen LogP contribution in [0.3, 0.4) is 0 Å². The summed E-state index contributed by atoms with van der Waals surface area (Å²) in [5.74, 6) is -1.69. The van der Waals surface area contributed by atoms with Crippen molar-refractivity contribution in [2.75, 3.05) is 12.0 Å². The van der Waals surface area contributed by atoms with Gasteiger partial charge in [0.1, 0.15) is 11.9 Å². The number of carboxylic acid groups (broad SMARTS) is 1. The Hall–Kier alpha value is -1.27. The minimum absolute atomic E-state index is 0.0495. The topological polar surface area (TPSA) is 66.4 Å². The SMILES string of the molecule is CSCC[C@@H](NC(=O)c1ccc(F)cc1Cl)C(=O)O. The van der Waals surface area contributed by atoms with E-state index in [0.29, 0.717) is 12.2 Å². The maximum absolute atomic E-state index is 12.9. The van der Waals surface area contributed by atoms with E-state index in [1.165, 1.54) is 17.8 Å². The average Bonchev–Trinajstić information content (AvgIpc) is 2.33. The summed E-state index contributed by atoms with van der Waals surface area (Å²) in [7, 11) is 0. The number of carbonyl (C=O) groups excluding carboxylic acids is 1. The van der Waals surface area contributed by atoms with E-state index in [1.54, 1.807) is 0 Å². The predicted octanol–water partition coefficient (Wildman–Crippen LogP) is 2.42. The standard InChI is InChI=1S/C12H13ClFNO3S/c1-19-5-4-10(12(17)18)15-11(16)8-3-2-7(14)6-9(8)13/h2-3,6,10H,4-5H2,1H3,(H,15,16)(H,17,18)/t10-/m1/s1. The number of halogens is 2. The van der Waals surface area contributed by atoms with E-state index in [4.69, 9.17) is 16.7 Å². The van der Waals surface area contributed by atoms with Crippen LogP contribution in [0.4, 0.5) is 4.39 Å². The molecule has 0 spiro atoms. The molecule has 19 heavy (non-hydrogen) atoms. The normalized spacial score (nSPS) is 11.9. The summed E-state index contributed by atoms with van der Waals surface area (Å²) in [6, 6.07) is 2.34. The van der Waals surface area contributed by atoms with Crippen molar-refractivity contribution in [1.82, 2.24) is 5.32 Å². The van der Waals surface area contributed by atoms with Crippen molar-refractivity contribution in [1.29, 1.82) is 0 Å². The molecule has 0 aliphatic heterocycles. The number of nitrogens with one attached hydrogen (secondary N) is 1. The molecule has 0 heterocycles. The van der Waals surface area contributed by atoms with Gasteiger partial charge in [0.15, 0.2) is 0 Å². The Morgan fingerprint density at radius 1 is 1.53 bits per heavy atom. The molecule has 7 heteroatoms. The van der Waals surface area contributed by atoms with Crippen LogP contribution in [0.5, 0.6) is 0 Å². The Balaban J connectivity index is 2.78. The Morgan fingerprint density at radius 2 is 2.21 bits per heavy atom. The number of hydrogen-bond donors (Lipinski definition) is 2. The van der Waals surface area contributed by atoms with Gasteiger partial charge in [-0.25, -0.2) is 9.18 Å². The first-order valence-electron chi connectivity index (χ1n) is 5.43. The van der Waals surface area contributed by atoms with Crippen LogP contribution in [0.25, 0.3) is 0 Å². The molecule has 0 saturated carbocycles. The monoisotopic (exact) mass is 305 g/mol. The first-order chi connectivity index (χ1) is 8.95. The highest BCUT2D eigenvalue weighted by molar-refractivity contribution is 7.98. The van der Waals surface area contributed by atoms with Crippen molar-refractivity contribution in [3.8, 4) is 0 Å². The number of carbonyl (C=O) groups is 2. The summed E-state index contributed by atoms with van der Waals surface area (Å²) >= 11 is 7.22. The highest BCUT2D eigenvalue weighted by Gasteiger charge is 2.21. The largest absolute Gasteiger partial charge is 0.480 e. The Labute approximate surface area is 119 Å².